The molecule has 2 N–H and O–H groups in total. The summed E-state index contributed by atoms with van der Waals surface area (Å²) in [6.45, 7) is 0.973. The molecule has 1 spiro atoms. The van der Waals surface area contributed by atoms with Crippen molar-refractivity contribution in [2.45, 2.75) is 87.9 Å². The summed E-state index contributed by atoms with van der Waals surface area (Å²) in [5, 5.41) is 0. The Morgan fingerprint density at radius 1 is 1.00 bits per heavy atom. The highest BCUT2D eigenvalue weighted by atomic mass is 16.5. The van der Waals surface area contributed by atoms with E-state index in [1.54, 1.807) is 0 Å². The Kier molecular flexibility index (Phi) is 4.16. The summed E-state index contributed by atoms with van der Waals surface area (Å²) in [6, 6.07) is 1.97. The van der Waals surface area contributed by atoms with E-state index in [4.69, 9.17) is 10.5 Å². The van der Waals surface area contributed by atoms with Crippen molar-refractivity contribution in [2.75, 3.05) is 13.7 Å². The van der Waals surface area contributed by atoms with E-state index in [1.165, 1.54) is 64.2 Å². The normalized spacial score (nSPS) is 39.0. The lowest BCUT2D eigenvalue weighted by Crippen LogP contribution is -2.50. The van der Waals surface area contributed by atoms with Gasteiger partial charge in [-0.1, -0.05) is 12.8 Å². The highest BCUT2D eigenvalue weighted by Crippen LogP contribution is 2.41. The van der Waals surface area contributed by atoms with E-state index in [9.17, 15) is 0 Å². The van der Waals surface area contributed by atoms with Crippen molar-refractivity contribution in [1.29, 1.82) is 0 Å². The van der Waals surface area contributed by atoms with Gasteiger partial charge in [-0.05, 0) is 58.4 Å². The zero-order valence-corrected chi connectivity index (χ0v) is 12.4. The Hall–Kier alpha value is -0.120. The molecule has 0 aromatic carbocycles. The molecule has 0 amide bonds. The number of ether oxygens (including phenoxy) is 1. The minimum atomic E-state index is 0.252. The molecule has 0 aromatic rings. The van der Waals surface area contributed by atoms with Crippen molar-refractivity contribution < 1.29 is 4.74 Å². The third-order valence-corrected chi connectivity index (χ3v) is 5.88. The average Bonchev–Trinajstić information content (AvgIpc) is 2.87. The van der Waals surface area contributed by atoms with Crippen LogP contribution in [0.3, 0.4) is 0 Å². The Morgan fingerprint density at radius 2 is 1.68 bits per heavy atom. The van der Waals surface area contributed by atoms with Crippen LogP contribution in [-0.4, -0.2) is 42.3 Å². The highest BCUT2D eigenvalue weighted by molar-refractivity contribution is 4.95. The van der Waals surface area contributed by atoms with Crippen LogP contribution in [0.15, 0.2) is 0 Å². The fourth-order valence-corrected chi connectivity index (χ4v) is 4.52. The van der Waals surface area contributed by atoms with Crippen LogP contribution < -0.4 is 5.73 Å². The minimum absolute atomic E-state index is 0.252. The first kappa shape index (κ1) is 13.8. The Balaban J connectivity index is 1.58. The van der Waals surface area contributed by atoms with Crippen molar-refractivity contribution in [1.82, 2.24) is 4.90 Å². The quantitative estimate of drug-likeness (QED) is 0.835. The molecule has 2 aliphatic carbocycles. The molecule has 1 unspecified atom stereocenters. The van der Waals surface area contributed by atoms with Crippen molar-refractivity contribution in [3.63, 3.8) is 0 Å². The first-order chi connectivity index (χ1) is 9.19. The van der Waals surface area contributed by atoms with Gasteiger partial charge in [0, 0.05) is 24.7 Å². The molecule has 0 bridgehead atoms. The van der Waals surface area contributed by atoms with Gasteiger partial charge in [0.15, 0.2) is 0 Å². The van der Waals surface area contributed by atoms with Gasteiger partial charge in [0.05, 0.1) is 5.60 Å². The third kappa shape index (κ3) is 2.98. The van der Waals surface area contributed by atoms with Crippen LogP contribution in [-0.2, 0) is 4.74 Å². The van der Waals surface area contributed by atoms with Gasteiger partial charge >= 0.3 is 0 Å². The molecule has 3 aliphatic rings. The largest absolute Gasteiger partial charge is 0.375 e. The van der Waals surface area contributed by atoms with Crippen LogP contribution in [0, 0.1) is 0 Å². The molecule has 3 fully saturated rings. The van der Waals surface area contributed by atoms with Gasteiger partial charge in [0.25, 0.3) is 0 Å². The van der Waals surface area contributed by atoms with Crippen LogP contribution >= 0.6 is 0 Å². The molecule has 3 nitrogen and oxygen atoms in total. The number of nitrogens with two attached hydrogens (primary N) is 1. The van der Waals surface area contributed by atoms with Gasteiger partial charge in [-0.25, -0.2) is 0 Å². The van der Waals surface area contributed by atoms with Gasteiger partial charge in [-0.2, -0.15) is 0 Å². The first-order valence-corrected chi connectivity index (χ1v) is 8.30. The second-order valence-corrected chi connectivity index (χ2v) is 7.12. The van der Waals surface area contributed by atoms with E-state index >= 15 is 0 Å². The SMILES string of the molecule is CN(C1CCC(N)CC1)C1CCOC2(CCCC2)C1. The summed E-state index contributed by atoms with van der Waals surface area (Å²) < 4.78 is 6.16. The molecule has 1 atom stereocenters. The van der Waals surface area contributed by atoms with Crippen LogP contribution in [0.4, 0.5) is 0 Å². The summed E-state index contributed by atoms with van der Waals surface area (Å²) in [4.78, 5) is 2.68. The van der Waals surface area contributed by atoms with E-state index < -0.39 is 0 Å². The molecule has 0 radical (unpaired) electrons. The van der Waals surface area contributed by atoms with Crippen molar-refractivity contribution >= 4 is 0 Å². The number of hydrogen-bond acceptors (Lipinski definition) is 3. The van der Waals surface area contributed by atoms with Crippen molar-refractivity contribution in [3.8, 4) is 0 Å². The Bertz CT molecular complexity index is 293. The highest BCUT2D eigenvalue weighted by Gasteiger charge is 2.42. The van der Waals surface area contributed by atoms with E-state index in [2.05, 4.69) is 11.9 Å². The predicted octanol–water partition coefficient (Wildman–Crippen LogP) is 2.68. The third-order valence-electron chi connectivity index (χ3n) is 5.88. The lowest BCUT2D eigenvalue weighted by atomic mass is 9.85. The number of rotatable bonds is 2. The molecule has 0 aromatic heterocycles. The standard InChI is InChI=1S/C16H30N2O/c1-18(14-6-4-13(17)5-7-14)15-8-11-19-16(12-15)9-2-3-10-16/h13-15H,2-12,17H2,1H3. The Labute approximate surface area is 117 Å². The lowest BCUT2D eigenvalue weighted by Gasteiger charge is -2.45. The van der Waals surface area contributed by atoms with Crippen LogP contribution in [0.5, 0.6) is 0 Å². The van der Waals surface area contributed by atoms with Gasteiger partial charge in [0.2, 0.25) is 0 Å². The Morgan fingerprint density at radius 3 is 2.37 bits per heavy atom. The fourth-order valence-electron chi connectivity index (χ4n) is 4.52. The summed E-state index contributed by atoms with van der Waals surface area (Å²) >= 11 is 0. The molecule has 3 rings (SSSR count). The van der Waals surface area contributed by atoms with Gasteiger partial charge in [-0.3, -0.25) is 0 Å². The number of hydrogen-bond donors (Lipinski definition) is 1. The van der Waals surface area contributed by atoms with E-state index in [-0.39, 0.29) is 5.60 Å². The average molecular weight is 266 g/mol. The summed E-state index contributed by atoms with van der Waals surface area (Å²) in [5.41, 5.74) is 6.28. The predicted molar refractivity (Wildman–Crippen MR) is 78.2 cm³/mol. The van der Waals surface area contributed by atoms with Crippen LogP contribution in [0.1, 0.15) is 64.2 Å². The first-order valence-electron chi connectivity index (χ1n) is 8.30. The molecular weight excluding hydrogens is 236 g/mol. The molecule has 2 saturated carbocycles. The zero-order valence-electron chi connectivity index (χ0n) is 12.4. The summed E-state index contributed by atoms with van der Waals surface area (Å²) in [5.74, 6) is 0. The minimum Gasteiger partial charge on any atom is -0.375 e. The van der Waals surface area contributed by atoms with Crippen LogP contribution in [0.2, 0.25) is 0 Å². The van der Waals surface area contributed by atoms with E-state index in [0.29, 0.717) is 6.04 Å². The molecular formula is C16H30N2O. The smallest absolute Gasteiger partial charge is 0.0697 e. The van der Waals surface area contributed by atoms with Gasteiger partial charge < -0.3 is 15.4 Å². The molecule has 1 saturated heterocycles. The maximum Gasteiger partial charge on any atom is 0.0697 e. The van der Waals surface area contributed by atoms with Crippen LogP contribution in [0.25, 0.3) is 0 Å². The fraction of sp³-hybridized carbons (Fsp3) is 1.00. The second-order valence-electron chi connectivity index (χ2n) is 7.12. The van der Waals surface area contributed by atoms with E-state index in [0.717, 1.165) is 18.7 Å². The molecule has 19 heavy (non-hydrogen) atoms. The van der Waals surface area contributed by atoms with E-state index in [1.807, 2.05) is 0 Å². The maximum atomic E-state index is 6.16. The second kappa shape index (κ2) is 5.71. The molecule has 110 valence electrons. The van der Waals surface area contributed by atoms with Crippen molar-refractivity contribution in [3.05, 3.63) is 0 Å². The molecule has 3 heteroatoms. The lowest BCUT2D eigenvalue weighted by molar-refractivity contribution is -0.105. The number of nitrogens with zero attached hydrogens (tertiary/aromatic N) is 1. The van der Waals surface area contributed by atoms with Crippen molar-refractivity contribution in [2.24, 2.45) is 5.73 Å². The van der Waals surface area contributed by atoms with Gasteiger partial charge in [-0.15, -0.1) is 0 Å². The topological polar surface area (TPSA) is 38.5 Å². The summed E-state index contributed by atoms with van der Waals surface area (Å²) in [7, 11) is 2.35. The molecule has 1 heterocycles. The summed E-state index contributed by atoms with van der Waals surface area (Å²) in [6.07, 6.45) is 12.8. The molecule has 1 aliphatic heterocycles. The zero-order chi connectivity index (χ0) is 13.3. The maximum absolute atomic E-state index is 6.16. The monoisotopic (exact) mass is 266 g/mol. The van der Waals surface area contributed by atoms with Gasteiger partial charge in [0.1, 0.15) is 0 Å².